The number of rotatable bonds is 5. The predicted octanol–water partition coefficient (Wildman–Crippen LogP) is 0.253. The maximum Gasteiger partial charge on any atom is 0.236 e. The van der Waals surface area contributed by atoms with Crippen LogP contribution in [-0.4, -0.2) is 18.5 Å². The van der Waals surface area contributed by atoms with Crippen LogP contribution in [0.2, 0.25) is 0 Å². The van der Waals surface area contributed by atoms with Crippen molar-refractivity contribution in [2.75, 3.05) is 6.54 Å². The number of carbonyl (C=O) groups is 1. The molecule has 1 amide bonds. The summed E-state index contributed by atoms with van der Waals surface area (Å²) in [6, 6.07) is -0.382. The normalized spacial score (nSPS) is 11.8. The first-order valence-corrected chi connectivity index (χ1v) is 4.19. The fourth-order valence-corrected chi connectivity index (χ4v) is 0.831. The number of terminal acetylenes is 1. The number of nitrogens with two attached hydrogens (primary N) is 1. The van der Waals surface area contributed by atoms with E-state index in [2.05, 4.69) is 11.2 Å². The highest BCUT2D eigenvalue weighted by molar-refractivity contribution is 5.81. The number of nitrogens with one attached hydrogen (secondary N) is 1. The number of amides is 1. The van der Waals surface area contributed by atoms with Crippen LogP contribution in [0.25, 0.3) is 0 Å². The monoisotopic (exact) mass is 168 g/mol. The molecule has 3 heteroatoms. The van der Waals surface area contributed by atoms with Crippen LogP contribution in [0.4, 0.5) is 0 Å². The minimum absolute atomic E-state index is 0.105. The molecule has 1 atom stereocenters. The molecule has 0 spiro atoms. The molecule has 1 unspecified atom stereocenters. The predicted molar refractivity (Wildman–Crippen MR) is 49.3 cm³/mol. The molecule has 0 aliphatic rings. The minimum atomic E-state index is -0.382. The lowest BCUT2D eigenvalue weighted by Gasteiger charge is -2.09. The van der Waals surface area contributed by atoms with Crippen molar-refractivity contribution >= 4 is 5.91 Å². The molecule has 0 heterocycles. The highest BCUT2D eigenvalue weighted by atomic mass is 16.2. The molecule has 0 bridgehead atoms. The van der Waals surface area contributed by atoms with Gasteiger partial charge in [-0.25, -0.2) is 0 Å². The Morgan fingerprint density at radius 1 is 1.75 bits per heavy atom. The Bertz CT molecular complexity index is 172. The lowest BCUT2D eigenvalue weighted by atomic mass is 10.2. The van der Waals surface area contributed by atoms with Gasteiger partial charge in [-0.15, -0.1) is 12.3 Å². The van der Waals surface area contributed by atoms with Crippen molar-refractivity contribution in [2.45, 2.75) is 32.2 Å². The zero-order valence-electron chi connectivity index (χ0n) is 7.47. The van der Waals surface area contributed by atoms with E-state index in [0.717, 1.165) is 12.8 Å². The average Bonchev–Trinajstić information content (AvgIpc) is 2.05. The standard InChI is InChI=1S/C9H16N2O/c1-3-5-7-11-9(12)8(10)6-4-2/h1,8H,4-7,10H2,2H3,(H,11,12). The zero-order valence-corrected chi connectivity index (χ0v) is 7.47. The van der Waals surface area contributed by atoms with E-state index >= 15 is 0 Å². The molecule has 0 aliphatic heterocycles. The van der Waals surface area contributed by atoms with Crippen LogP contribution in [0.1, 0.15) is 26.2 Å². The Balaban J connectivity index is 3.51. The fourth-order valence-electron chi connectivity index (χ4n) is 0.831. The third-order valence-electron chi connectivity index (χ3n) is 1.51. The van der Waals surface area contributed by atoms with Gasteiger partial charge in [0.25, 0.3) is 0 Å². The molecule has 0 aliphatic carbocycles. The van der Waals surface area contributed by atoms with Crippen LogP contribution in [0.3, 0.4) is 0 Å². The quantitative estimate of drug-likeness (QED) is 0.457. The van der Waals surface area contributed by atoms with E-state index < -0.39 is 0 Å². The highest BCUT2D eigenvalue weighted by Gasteiger charge is 2.10. The summed E-state index contributed by atoms with van der Waals surface area (Å²) in [7, 11) is 0. The van der Waals surface area contributed by atoms with Gasteiger partial charge in [0.1, 0.15) is 0 Å². The number of hydrogen-bond donors (Lipinski definition) is 2. The summed E-state index contributed by atoms with van der Waals surface area (Å²) >= 11 is 0. The van der Waals surface area contributed by atoms with E-state index in [1.165, 1.54) is 0 Å². The molecule has 0 rings (SSSR count). The Hall–Kier alpha value is -1.01. The van der Waals surface area contributed by atoms with Crippen LogP contribution in [-0.2, 0) is 4.79 Å². The largest absolute Gasteiger partial charge is 0.354 e. The van der Waals surface area contributed by atoms with E-state index in [-0.39, 0.29) is 11.9 Å². The first-order chi connectivity index (χ1) is 5.72. The number of hydrogen-bond acceptors (Lipinski definition) is 2. The summed E-state index contributed by atoms with van der Waals surface area (Å²) in [4.78, 5) is 11.1. The molecular formula is C9H16N2O. The lowest BCUT2D eigenvalue weighted by Crippen LogP contribution is -2.40. The van der Waals surface area contributed by atoms with E-state index in [1.54, 1.807) is 0 Å². The maximum atomic E-state index is 11.1. The molecule has 12 heavy (non-hydrogen) atoms. The lowest BCUT2D eigenvalue weighted by molar-refractivity contribution is -0.122. The van der Waals surface area contributed by atoms with E-state index in [4.69, 9.17) is 12.2 Å². The molecule has 0 aromatic rings. The Morgan fingerprint density at radius 2 is 2.42 bits per heavy atom. The molecule has 3 nitrogen and oxygen atoms in total. The highest BCUT2D eigenvalue weighted by Crippen LogP contribution is 1.92. The van der Waals surface area contributed by atoms with E-state index in [9.17, 15) is 4.79 Å². The number of carbonyl (C=O) groups excluding carboxylic acids is 1. The van der Waals surface area contributed by atoms with Crippen LogP contribution in [0.5, 0.6) is 0 Å². The van der Waals surface area contributed by atoms with Gasteiger partial charge in [-0.05, 0) is 6.42 Å². The minimum Gasteiger partial charge on any atom is -0.354 e. The maximum absolute atomic E-state index is 11.1. The Morgan fingerprint density at radius 3 is 2.92 bits per heavy atom. The smallest absolute Gasteiger partial charge is 0.236 e. The first kappa shape index (κ1) is 11.0. The summed E-state index contributed by atoms with van der Waals surface area (Å²) in [6.07, 6.45) is 7.22. The van der Waals surface area contributed by atoms with Gasteiger partial charge in [0, 0.05) is 13.0 Å². The third kappa shape index (κ3) is 4.75. The van der Waals surface area contributed by atoms with Crippen LogP contribution in [0.15, 0.2) is 0 Å². The molecular weight excluding hydrogens is 152 g/mol. The molecule has 68 valence electrons. The second-order valence-electron chi connectivity index (χ2n) is 2.64. The third-order valence-corrected chi connectivity index (χ3v) is 1.51. The van der Waals surface area contributed by atoms with Crippen LogP contribution < -0.4 is 11.1 Å². The summed E-state index contributed by atoms with van der Waals surface area (Å²) in [6.45, 7) is 2.52. The molecule has 0 radical (unpaired) electrons. The molecule has 0 aromatic carbocycles. The van der Waals surface area contributed by atoms with E-state index in [1.807, 2.05) is 6.92 Å². The molecule has 0 saturated heterocycles. The van der Waals surface area contributed by atoms with Gasteiger partial charge in [0.2, 0.25) is 5.91 Å². The molecule has 0 saturated carbocycles. The van der Waals surface area contributed by atoms with Gasteiger partial charge in [-0.3, -0.25) is 4.79 Å². The molecule has 0 fully saturated rings. The molecule has 0 aromatic heterocycles. The SMILES string of the molecule is C#CCCNC(=O)C(N)CCC. The van der Waals surface area contributed by atoms with E-state index in [0.29, 0.717) is 13.0 Å². The average molecular weight is 168 g/mol. The van der Waals surface area contributed by atoms with Crippen molar-refractivity contribution in [2.24, 2.45) is 5.73 Å². The van der Waals surface area contributed by atoms with Crippen molar-refractivity contribution < 1.29 is 4.79 Å². The van der Waals surface area contributed by atoms with Gasteiger partial charge >= 0.3 is 0 Å². The summed E-state index contributed by atoms with van der Waals surface area (Å²) < 4.78 is 0. The van der Waals surface area contributed by atoms with Crippen molar-refractivity contribution in [3.8, 4) is 12.3 Å². The van der Waals surface area contributed by atoms with Gasteiger partial charge < -0.3 is 11.1 Å². The van der Waals surface area contributed by atoms with Gasteiger partial charge in [-0.2, -0.15) is 0 Å². The van der Waals surface area contributed by atoms with Gasteiger partial charge in [0.15, 0.2) is 0 Å². The van der Waals surface area contributed by atoms with Gasteiger partial charge in [0.05, 0.1) is 6.04 Å². The topological polar surface area (TPSA) is 55.1 Å². The Labute approximate surface area is 73.7 Å². The van der Waals surface area contributed by atoms with Crippen molar-refractivity contribution in [1.29, 1.82) is 0 Å². The fraction of sp³-hybridized carbons (Fsp3) is 0.667. The van der Waals surface area contributed by atoms with Crippen LogP contribution in [0, 0.1) is 12.3 Å². The van der Waals surface area contributed by atoms with Crippen molar-refractivity contribution in [3.63, 3.8) is 0 Å². The summed E-state index contributed by atoms with van der Waals surface area (Å²) in [5.41, 5.74) is 5.55. The second kappa shape index (κ2) is 6.68. The van der Waals surface area contributed by atoms with Crippen molar-refractivity contribution in [1.82, 2.24) is 5.32 Å². The zero-order chi connectivity index (χ0) is 9.40. The Kier molecular flexibility index (Phi) is 6.12. The summed E-state index contributed by atoms with van der Waals surface area (Å²) in [5, 5.41) is 2.66. The van der Waals surface area contributed by atoms with Gasteiger partial charge in [-0.1, -0.05) is 13.3 Å². The second-order valence-corrected chi connectivity index (χ2v) is 2.64. The molecule has 3 N–H and O–H groups in total. The summed E-state index contributed by atoms with van der Waals surface area (Å²) in [5.74, 6) is 2.33. The first-order valence-electron chi connectivity index (χ1n) is 4.19. The van der Waals surface area contributed by atoms with Crippen LogP contribution >= 0.6 is 0 Å². The van der Waals surface area contributed by atoms with Crippen molar-refractivity contribution in [3.05, 3.63) is 0 Å².